The van der Waals surface area contributed by atoms with Crippen LogP contribution in [-0.4, -0.2) is 30.4 Å². The summed E-state index contributed by atoms with van der Waals surface area (Å²) in [5, 5.41) is 9.12. The standard InChI is InChI=1S/C17H25N3O2/c1-11(2)19-16(21)13-4-6-15(7-5-13)20-17(22)14-8-9-18-12(3)10-14/h4-7,11-12,14,18H,8-10H2,1-3H3,(H,19,21)(H,20,22)/t12-,14-/m0/s1. The Balaban J connectivity index is 1.93. The number of anilines is 1. The summed E-state index contributed by atoms with van der Waals surface area (Å²) in [5.41, 5.74) is 1.33. The van der Waals surface area contributed by atoms with Crippen molar-refractivity contribution in [2.45, 2.75) is 45.7 Å². The predicted octanol–water partition coefficient (Wildman–Crippen LogP) is 2.15. The minimum absolute atomic E-state index is 0.0557. The van der Waals surface area contributed by atoms with Crippen LogP contribution in [0.4, 0.5) is 5.69 Å². The van der Waals surface area contributed by atoms with E-state index in [4.69, 9.17) is 0 Å². The van der Waals surface area contributed by atoms with Crippen molar-refractivity contribution >= 4 is 17.5 Å². The Bertz CT molecular complexity index is 525. The third kappa shape index (κ3) is 4.56. The second kappa shape index (κ2) is 7.40. The van der Waals surface area contributed by atoms with E-state index in [1.54, 1.807) is 24.3 Å². The summed E-state index contributed by atoms with van der Waals surface area (Å²) in [7, 11) is 0. The van der Waals surface area contributed by atoms with Crippen molar-refractivity contribution in [2.75, 3.05) is 11.9 Å². The summed E-state index contributed by atoms with van der Waals surface area (Å²) in [6.07, 6.45) is 1.73. The summed E-state index contributed by atoms with van der Waals surface area (Å²) in [5.74, 6) is 0.0213. The average molecular weight is 303 g/mol. The van der Waals surface area contributed by atoms with Gasteiger partial charge in [-0.1, -0.05) is 0 Å². The van der Waals surface area contributed by atoms with E-state index in [9.17, 15) is 9.59 Å². The van der Waals surface area contributed by atoms with Crippen molar-refractivity contribution in [3.05, 3.63) is 29.8 Å². The Hall–Kier alpha value is -1.88. The highest BCUT2D eigenvalue weighted by atomic mass is 16.2. The molecule has 1 aliphatic rings. The summed E-state index contributed by atoms with van der Waals surface area (Å²) < 4.78 is 0. The SMILES string of the molecule is CC(C)NC(=O)c1ccc(NC(=O)[C@H]2CCN[C@@H](C)C2)cc1. The maximum absolute atomic E-state index is 12.3. The highest BCUT2D eigenvalue weighted by molar-refractivity contribution is 5.96. The van der Waals surface area contributed by atoms with Crippen LogP contribution in [0.25, 0.3) is 0 Å². The lowest BCUT2D eigenvalue weighted by atomic mass is 9.92. The first-order chi connectivity index (χ1) is 10.5. The second-order valence-electron chi connectivity index (χ2n) is 6.27. The molecular weight excluding hydrogens is 278 g/mol. The zero-order valence-corrected chi connectivity index (χ0v) is 13.5. The van der Waals surface area contributed by atoms with Crippen LogP contribution < -0.4 is 16.0 Å². The molecule has 0 aromatic heterocycles. The molecule has 120 valence electrons. The van der Waals surface area contributed by atoms with Gasteiger partial charge in [0, 0.05) is 29.3 Å². The molecule has 1 fully saturated rings. The lowest BCUT2D eigenvalue weighted by Crippen LogP contribution is -2.40. The predicted molar refractivity (Wildman–Crippen MR) is 87.9 cm³/mol. The summed E-state index contributed by atoms with van der Waals surface area (Å²) in [4.78, 5) is 24.1. The molecule has 0 saturated carbocycles. The van der Waals surface area contributed by atoms with Gasteiger partial charge in [-0.15, -0.1) is 0 Å². The summed E-state index contributed by atoms with van der Waals surface area (Å²) in [6, 6.07) is 7.51. The minimum Gasteiger partial charge on any atom is -0.350 e. The molecule has 1 aromatic rings. The topological polar surface area (TPSA) is 70.2 Å². The van der Waals surface area contributed by atoms with Crippen LogP contribution in [0.5, 0.6) is 0 Å². The molecule has 3 N–H and O–H groups in total. The first kappa shape index (κ1) is 16.5. The van der Waals surface area contributed by atoms with Crippen LogP contribution in [0.2, 0.25) is 0 Å². The fourth-order valence-corrected chi connectivity index (χ4v) is 2.66. The van der Waals surface area contributed by atoms with Gasteiger partial charge in [0.05, 0.1) is 0 Å². The van der Waals surface area contributed by atoms with E-state index < -0.39 is 0 Å². The molecule has 0 spiro atoms. The monoisotopic (exact) mass is 303 g/mol. The Morgan fingerprint density at radius 1 is 1.23 bits per heavy atom. The normalized spacial score (nSPS) is 21.5. The molecule has 0 unspecified atom stereocenters. The van der Waals surface area contributed by atoms with Crippen molar-refractivity contribution in [1.82, 2.24) is 10.6 Å². The van der Waals surface area contributed by atoms with E-state index in [-0.39, 0.29) is 23.8 Å². The number of hydrogen-bond donors (Lipinski definition) is 3. The molecule has 5 heteroatoms. The Morgan fingerprint density at radius 3 is 2.50 bits per heavy atom. The molecule has 0 bridgehead atoms. The molecule has 2 atom stereocenters. The number of nitrogens with one attached hydrogen (secondary N) is 3. The van der Waals surface area contributed by atoms with E-state index in [1.165, 1.54) is 0 Å². The minimum atomic E-state index is -0.0972. The maximum atomic E-state index is 12.3. The van der Waals surface area contributed by atoms with Gasteiger partial charge < -0.3 is 16.0 Å². The van der Waals surface area contributed by atoms with Gasteiger partial charge in [-0.2, -0.15) is 0 Å². The van der Waals surface area contributed by atoms with Gasteiger partial charge >= 0.3 is 0 Å². The molecule has 0 aliphatic carbocycles. The molecule has 0 radical (unpaired) electrons. The quantitative estimate of drug-likeness (QED) is 0.798. The largest absolute Gasteiger partial charge is 0.350 e. The number of piperidine rings is 1. The lowest BCUT2D eigenvalue weighted by molar-refractivity contribution is -0.120. The average Bonchev–Trinajstić information content (AvgIpc) is 2.47. The Morgan fingerprint density at radius 2 is 1.91 bits per heavy atom. The van der Waals surface area contributed by atoms with E-state index in [2.05, 4.69) is 22.9 Å². The van der Waals surface area contributed by atoms with Crippen LogP contribution in [0.15, 0.2) is 24.3 Å². The lowest BCUT2D eigenvalue weighted by Gasteiger charge is -2.27. The van der Waals surface area contributed by atoms with Gasteiger partial charge in [0.25, 0.3) is 5.91 Å². The molecular formula is C17H25N3O2. The van der Waals surface area contributed by atoms with Crippen molar-refractivity contribution in [3.63, 3.8) is 0 Å². The van der Waals surface area contributed by atoms with Crippen LogP contribution in [0, 0.1) is 5.92 Å². The summed E-state index contributed by atoms with van der Waals surface area (Å²) >= 11 is 0. The Labute approximate surface area is 131 Å². The number of benzene rings is 1. The van der Waals surface area contributed by atoms with Crippen molar-refractivity contribution in [3.8, 4) is 0 Å². The van der Waals surface area contributed by atoms with E-state index in [0.29, 0.717) is 11.6 Å². The first-order valence-corrected chi connectivity index (χ1v) is 7.91. The van der Waals surface area contributed by atoms with Gasteiger partial charge in [0.2, 0.25) is 5.91 Å². The summed E-state index contributed by atoms with van der Waals surface area (Å²) in [6.45, 7) is 6.83. The number of hydrogen-bond acceptors (Lipinski definition) is 3. The fraction of sp³-hybridized carbons (Fsp3) is 0.529. The first-order valence-electron chi connectivity index (χ1n) is 7.91. The van der Waals surface area contributed by atoms with E-state index in [1.807, 2.05) is 13.8 Å². The maximum Gasteiger partial charge on any atom is 0.251 e. The molecule has 1 aromatic carbocycles. The smallest absolute Gasteiger partial charge is 0.251 e. The Kier molecular flexibility index (Phi) is 5.55. The second-order valence-corrected chi connectivity index (χ2v) is 6.27. The highest BCUT2D eigenvalue weighted by Gasteiger charge is 2.24. The highest BCUT2D eigenvalue weighted by Crippen LogP contribution is 2.19. The number of rotatable bonds is 4. The van der Waals surface area contributed by atoms with Crippen molar-refractivity contribution in [1.29, 1.82) is 0 Å². The van der Waals surface area contributed by atoms with Gasteiger partial charge in [-0.3, -0.25) is 9.59 Å². The molecule has 2 amide bonds. The molecule has 1 aliphatic heterocycles. The van der Waals surface area contributed by atoms with Crippen LogP contribution in [0.1, 0.15) is 44.0 Å². The number of amides is 2. The number of carbonyl (C=O) groups is 2. The molecule has 22 heavy (non-hydrogen) atoms. The zero-order valence-electron chi connectivity index (χ0n) is 13.5. The zero-order chi connectivity index (χ0) is 16.1. The third-order valence-electron chi connectivity index (χ3n) is 3.83. The van der Waals surface area contributed by atoms with Crippen LogP contribution in [0.3, 0.4) is 0 Å². The van der Waals surface area contributed by atoms with Crippen LogP contribution >= 0.6 is 0 Å². The van der Waals surface area contributed by atoms with Gasteiger partial charge in [0.1, 0.15) is 0 Å². The fourth-order valence-electron chi connectivity index (χ4n) is 2.66. The molecule has 2 rings (SSSR count). The van der Waals surface area contributed by atoms with Gasteiger partial charge in [-0.05, 0) is 64.4 Å². The van der Waals surface area contributed by atoms with E-state index >= 15 is 0 Å². The molecule has 1 saturated heterocycles. The van der Waals surface area contributed by atoms with Crippen LogP contribution in [-0.2, 0) is 4.79 Å². The van der Waals surface area contributed by atoms with Gasteiger partial charge in [0.15, 0.2) is 0 Å². The molecule has 5 nitrogen and oxygen atoms in total. The van der Waals surface area contributed by atoms with E-state index in [0.717, 1.165) is 25.1 Å². The molecule has 1 heterocycles. The third-order valence-corrected chi connectivity index (χ3v) is 3.83. The number of carbonyl (C=O) groups excluding carboxylic acids is 2. The van der Waals surface area contributed by atoms with Crippen molar-refractivity contribution in [2.24, 2.45) is 5.92 Å². The van der Waals surface area contributed by atoms with Gasteiger partial charge in [-0.25, -0.2) is 0 Å². The van der Waals surface area contributed by atoms with Crippen molar-refractivity contribution < 1.29 is 9.59 Å².